The van der Waals surface area contributed by atoms with E-state index in [1.807, 2.05) is 68.5 Å². The second kappa shape index (κ2) is 11.5. The van der Waals surface area contributed by atoms with Crippen molar-refractivity contribution < 1.29 is 5.11 Å². The van der Waals surface area contributed by atoms with Crippen LogP contribution in [-0.2, 0) is 10.8 Å². The number of pyridine rings is 2. The molecular weight excluding hydrogens is 490 g/mol. The predicted molar refractivity (Wildman–Crippen MR) is 170 cm³/mol. The average Bonchev–Trinajstić information content (AvgIpc) is 2.93. The quantitative estimate of drug-likeness (QED) is 0.199. The van der Waals surface area contributed by atoms with E-state index >= 15 is 0 Å². The molecule has 0 amide bonds. The van der Waals surface area contributed by atoms with Crippen molar-refractivity contribution in [3.63, 3.8) is 0 Å². The lowest BCUT2D eigenvalue weighted by Crippen LogP contribution is -2.19. The van der Waals surface area contributed by atoms with Crippen LogP contribution in [0.15, 0.2) is 103 Å². The van der Waals surface area contributed by atoms with E-state index in [0.29, 0.717) is 0 Å². The molecule has 2 aromatic heterocycles. The summed E-state index contributed by atoms with van der Waals surface area (Å²) in [5, 5.41) is 10.6. The van der Waals surface area contributed by atoms with Crippen LogP contribution in [0.3, 0.4) is 0 Å². The van der Waals surface area contributed by atoms with Crippen molar-refractivity contribution in [2.24, 2.45) is 0 Å². The van der Waals surface area contributed by atoms with E-state index in [9.17, 15) is 5.11 Å². The summed E-state index contributed by atoms with van der Waals surface area (Å²) in [5.41, 5.74) is 7.80. The molecule has 2 heterocycles. The van der Waals surface area contributed by atoms with Gasteiger partial charge in [0.25, 0.3) is 0 Å². The van der Waals surface area contributed by atoms with E-state index in [1.54, 1.807) is 12.3 Å². The van der Waals surface area contributed by atoms with E-state index in [-0.39, 0.29) is 16.6 Å². The lowest BCUT2D eigenvalue weighted by atomic mass is 9.80. The minimum atomic E-state index is -0.0391. The van der Waals surface area contributed by atoms with Gasteiger partial charge in [-0.15, -0.1) is 0 Å². The van der Waals surface area contributed by atoms with Gasteiger partial charge >= 0.3 is 0 Å². The van der Waals surface area contributed by atoms with Gasteiger partial charge in [-0.25, -0.2) is 4.98 Å². The van der Waals surface area contributed by atoms with Gasteiger partial charge in [0, 0.05) is 23.1 Å². The molecule has 0 atom stereocenters. The third-order valence-corrected chi connectivity index (χ3v) is 7.05. The second-order valence-corrected chi connectivity index (χ2v) is 12.1. The summed E-state index contributed by atoms with van der Waals surface area (Å²) in [6.45, 7) is 17.3. The molecule has 0 saturated heterocycles. The fourth-order valence-corrected chi connectivity index (χ4v) is 4.66. The van der Waals surface area contributed by atoms with Crippen molar-refractivity contribution in [2.75, 3.05) is 4.90 Å². The van der Waals surface area contributed by atoms with E-state index in [0.717, 1.165) is 39.7 Å². The van der Waals surface area contributed by atoms with Crippen LogP contribution in [0.25, 0.3) is 17.0 Å². The molecule has 0 aliphatic carbocycles. The van der Waals surface area contributed by atoms with Crippen LogP contribution in [0.2, 0.25) is 0 Å². The van der Waals surface area contributed by atoms with Gasteiger partial charge in [-0.2, -0.15) is 0 Å². The van der Waals surface area contributed by atoms with Gasteiger partial charge in [-0.05, 0) is 96.0 Å². The molecule has 0 bridgehead atoms. The van der Waals surface area contributed by atoms with Gasteiger partial charge in [0.1, 0.15) is 11.6 Å². The van der Waals surface area contributed by atoms with Crippen molar-refractivity contribution in [1.82, 2.24) is 9.97 Å². The highest BCUT2D eigenvalue weighted by molar-refractivity contribution is 5.82. The highest BCUT2D eigenvalue weighted by Gasteiger charge is 2.24. The number of hydrogen-bond acceptors (Lipinski definition) is 4. The largest absolute Gasteiger partial charge is 0.508 e. The molecule has 0 radical (unpaired) electrons. The Hall–Kier alpha value is -4.18. The minimum Gasteiger partial charge on any atom is -0.508 e. The topological polar surface area (TPSA) is 49.2 Å². The number of nitrogens with zero attached hydrogens (tertiary/aromatic N) is 3. The first-order valence-corrected chi connectivity index (χ1v) is 13.9. The number of benzene rings is 2. The lowest BCUT2D eigenvalue weighted by Gasteiger charge is -2.31. The highest BCUT2D eigenvalue weighted by Crippen LogP contribution is 2.40. The van der Waals surface area contributed by atoms with Gasteiger partial charge in [0.05, 0.1) is 11.4 Å². The molecule has 40 heavy (non-hydrogen) atoms. The van der Waals surface area contributed by atoms with Gasteiger partial charge in [0.15, 0.2) is 0 Å². The molecule has 0 aliphatic heterocycles. The Labute approximate surface area is 239 Å². The first kappa shape index (κ1) is 28.8. The molecule has 0 aliphatic rings. The molecular formula is C36H41N3O. The zero-order chi connectivity index (χ0) is 29.1. The first-order valence-electron chi connectivity index (χ1n) is 13.9. The van der Waals surface area contributed by atoms with Crippen molar-refractivity contribution in [3.8, 4) is 11.4 Å². The fourth-order valence-electron chi connectivity index (χ4n) is 4.66. The third-order valence-electron chi connectivity index (χ3n) is 7.05. The normalized spacial score (nSPS) is 12.9. The van der Waals surface area contributed by atoms with E-state index in [2.05, 4.69) is 81.8 Å². The summed E-state index contributed by atoms with van der Waals surface area (Å²) in [6.07, 6.45) is 5.45. The maximum Gasteiger partial charge on any atom is 0.138 e. The van der Waals surface area contributed by atoms with Gasteiger partial charge in [0.2, 0.25) is 0 Å². The highest BCUT2D eigenvalue weighted by atomic mass is 16.3. The molecule has 0 unspecified atom stereocenters. The maximum absolute atomic E-state index is 10.6. The van der Waals surface area contributed by atoms with Crippen molar-refractivity contribution in [2.45, 2.75) is 66.2 Å². The molecule has 0 fully saturated rings. The third kappa shape index (κ3) is 6.34. The molecule has 0 saturated carbocycles. The zero-order valence-corrected chi connectivity index (χ0v) is 25.0. The zero-order valence-electron chi connectivity index (χ0n) is 25.0. The second-order valence-electron chi connectivity index (χ2n) is 12.1. The van der Waals surface area contributed by atoms with Crippen molar-refractivity contribution in [3.05, 3.63) is 120 Å². The standard InChI is InChI=1S/C36H41N3O/c1-9-30(33(40)10-2)25-15-13-16-28(21-25)39(34-19-14-18-32(38-34)31-17-11-12-20-37-31)29-23-26(35(3,4)5)22-27(24-29)36(6,7)8/h9-24,40H,1-8H3/b30-9-,33-10+. The van der Waals surface area contributed by atoms with Crippen LogP contribution >= 0.6 is 0 Å². The molecule has 1 N–H and O–H groups in total. The predicted octanol–water partition coefficient (Wildman–Crippen LogP) is 10.1. The molecule has 206 valence electrons. The van der Waals surface area contributed by atoms with Crippen molar-refractivity contribution >= 4 is 22.8 Å². The van der Waals surface area contributed by atoms with E-state index in [1.165, 1.54) is 11.1 Å². The number of aliphatic hydroxyl groups is 1. The van der Waals surface area contributed by atoms with Crippen LogP contribution in [0.4, 0.5) is 17.2 Å². The Kier molecular flexibility index (Phi) is 8.29. The number of allylic oxidation sites excluding steroid dienone is 3. The monoisotopic (exact) mass is 531 g/mol. The van der Waals surface area contributed by atoms with E-state index in [4.69, 9.17) is 4.98 Å². The SMILES string of the molecule is C/C=C(\C(O)=C/C)c1cccc(N(c2cc(C(C)(C)C)cc(C(C)(C)C)c2)c2cccc(-c3ccccn3)n2)c1. The van der Waals surface area contributed by atoms with Crippen LogP contribution in [0, 0.1) is 0 Å². The van der Waals surface area contributed by atoms with E-state index < -0.39 is 0 Å². The average molecular weight is 532 g/mol. The number of hydrogen-bond donors (Lipinski definition) is 1. The molecule has 4 aromatic rings. The van der Waals surface area contributed by atoms with Crippen LogP contribution < -0.4 is 4.90 Å². The van der Waals surface area contributed by atoms with Crippen molar-refractivity contribution in [1.29, 1.82) is 0 Å². The van der Waals surface area contributed by atoms with Gasteiger partial charge in [-0.1, -0.05) is 78.0 Å². The minimum absolute atomic E-state index is 0.0391. The van der Waals surface area contributed by atoms with Crippen LogP contribution in [-0.4, -0.2) is 15.1 Å². The Balaban J connectivity index is 2.01. The number of aromatic nitrogens is 2. The molecule has 2 aromatic carbocycles. The first-order chi connectivity index (χ1) is 18.9. The van der Waals surface area contributed by atoms with Crippen LogP contribution in [0.1, 0.15) is 72.1 Å². The molecule has 4 rings (SSSR count). The Morgan fingerprint density at radius 2 is 1.35 bits per heavy atom. The Bertz CT molecular complexity index is 1500. The fraction of sp³-hybridized carbons (Fsp3) is 0.278. The molecule has 4 heteroatoms. The Morgan fingerprint density at radius 1 is 0.700 bits per heavy atom. The van der Waals surface area contributed by atoms with Gasteiger partial charge < -0.3 is 5.11 Å². The maximum atomic E-state index is 10.6. The molecule has 4 nitrogen and oxygen atoms in total. The number of anilines is 3. The summed E-state index contributed by atoms with van der Waals surface area (Å²) >= 11 is 0. The number of aliphatic hydroxyl groups excluding tert-OH is 1. The molecule has 0 spiro atoms. The number of rotatable bonds is 6. The lowest BCUT2D eigenvalue weighted by molar-refractivity contribution is 0.436. The summed E-state index contributed by atoms with van der Waals surface area (Å²) in [4.78, 5) is 11.9. The van der Waals surface area contributed by atoms with Gasteiger partial charge in [-0.3, -0.25) is 9.88 Å². The summed E-state index contributed by atoms with van der Waals surface area (Å²) in [7, 11) is 0. The summed E-state index contributed by atoms with van der Waals surface area (Å²) in [5.74, 6) is 1.05. The summed E-state index contributed by atoms with van der Waals surface area (Å²) < 4.78 is 0. The van der Waals surface area contributed by atoms with Crippen LogP contribution in [0.5, 0.6) is 0 Å². The summed E-state index contributed by atoms with van der Waals surface area (Å²) in [6, 6.07) is 27.1. The smallest absolute Gasteiger partial charge is 0.138 e. The Morgan fingerprint density at radius 3 is 1.93 bits per heavy atom.